The minimum Gasteiger partial charge on any atom is -0.468 e. The number of esters is 1. The first kappa shape index (κ1) is 11.7. The summed E-state index contributed by atoms with van der Waals surface area (Å²) in [5.41, 5.74) is 1.02. The molecule has 3 N–H and O–H groups in total. The second-order valence-electron chi connectivity index (χ2n) is 3.34. The second kappa shape index (κ2) is 5.53. The molecular weight excluding hydrogens is 196 g/mol. The van der Waals surface area contributed by atoms with Crippen LogP contribution in [0.5, 0.6) is 0 Å². The van der Waals surface area contributed by atoms with E-state index in [1.807, 2.05) is 12.3 Å². The number of ether oxygens (including phenoxy) is 1. The minimum absolute atomic E-state index is 0.458. The molecular formula is C10H16N2O3. The summed E-state index contributed by atoms with van der Waals surface area (Å²) < 4.78 is 4.57. The van der Waals surface area contributed by atoms with E-state index in [1.54, 1.807) is 13.1 Å². The number of H-pyrrole nitrogens is 1. The van der Waals surface area contributed by atoms with Crippen molar-refractivity contribution in [2.75, 3.05) is 7.11 Å². The van der Waals surface area contributed by atoms with Gasteiger partial charge in [0.2, 0.25) is 0 Å². The van der Waals surface area contributed by atoms with E-state index in [0.717, 1.165) is 5.56 Å². The molecule has 0 spiro atoms. The van der Waals surface area contributed by atoms with Crippen LogP contribution < -0.4 is 5.32 Å². The third kappa shape index (κ3) is 3.38. The Hall–Kier alpha value is -1.33. The van der Waals surface area contributed by atoms with E-state index in [2.05, 4.69) is 15.0 Å². The van der Waals surface area contributed by atoms with E-state index in [-0.39, 0.29) is 0 Å². The van der Waals surface area contributed by atoms with Gasteiger partial charge in [0.15, 0.2) is 0 Å². The van der Waals surface area contributed by atoms with Crippen LogP contribution in [-0.2, 0) is 16.1 Å². The number of aliphatic hydroxyl groups is 1. The lowest BCUT2D eigenvalue weighted by Gasteiger charge is -2.18. The molecule has 1 rings (SSSR count). The van der Waals surface area contributed by atoms with Crippen molar-refractivity contribution in [1.29, 1.82) is 0 Å². The van der Waals surface area contributed by atoms with Crippen LogP contribution in [-0.4, -0.2) is 35.3 Å². The molecule has 5 nitrogen and oxygen atoms in total. The number of aliphatic hydroxyl groups excluding tert-OH is 1. The molecule has 2 atom stereocenters. The van der Waals surface area contributed by atoms with Gasteiger partial charge in [0.05, 0.1) is 13.2 Å². The number of hydrogen-bond donors (Lipinski definition) is 3. The van der Waals surface area contributed by atoms with Crippen LogP contribution in [0.25, 0.3) is 0 Å². The first-order valence-corrected chi connectivity index (χ1v) is 4.76. The second-order valence-corrected chi connectivity index (χ2v) is 3.34. The van der Waals surface area contributed by atoms with Crippen molar-refractivity contribution in [2.45, 2.75) is 25.6 Å². The first-order chi connectivity index (χ1) is 7.15. The van der Waals surface area contributed by atoms with Crippen LogP contribution in [0.15, 0.2) is 18.5 Å². The summed E-state index contributed by atoms with van der Waals surface area (Å²) in [5.74, 6) is -0.458. The van der Waals surface area contributed by atoms with Crippen LogP contribution in [0.3, 0.4) is 0 Å². The predicted octanol–water partition coefficient (Wildman–Crippen LogP) is 0.0267. The third-order valence-electron chi connectivity index (χ3n) is 2.13. The van der Waals surface area contributed by atoms with Crippen molar-refractivity contribution in [2.24, 2.45) is 0 Å². The summed E-state index contributed by atoms with van der Waals surface area (Å²) in [5, 5.41) is 12.3. The number of aromatic nitrogens is 1. The zero-order valence-corrected chi connectivity index (χ0v) is 8.86. The highest BCUT2D eigenvalue weighted by Crippen LogP contribution is 2.00. The quantitative estimate of drug-likeness (QED) is 0.602. The van der Waals surface area contributed by atoms with E-state index in [0.29, 0.717) is 6.54 Å². The predicted molar refractivity (Wildman–Crippen MR) is 55.1 cm³/mol. The summed E-state index contributed by atoms with van der Waals surface area (Å²) in [6.45, 7) is 2.06. The van der Waals surface area contributed by atoms with Crippen molar-refractivity contribution in [3.63, 3.8) is 0 Å². The van der Waals surface area contributed by atoms with Gasteiger partial charge >= 0.3 is 5.97 Å². The number of carbonyl (C=O) groups excluding carboxylic acids is 1. The normalized spacial score (nSPS) is 14.6. The maximum atomic E-state index is 11.3. The van der Waals surface area contributed by atoms with Gasteiger partial charge in [-0.2, -0.15) is 0 Å². The van der Waals surface area contributed by atoms with Crippen LogP contribution >= 0.6 is 0 Å². The number of carbonyl (C=O) groups is 1. The van der Waals surface area contributed by atoms with Crippen molar-refractivity contribution in [3.05, 3.63) is 24.0 Å². The van der Waals surface area contributed by atoms with Crippen molar-refractivity contribution in [1.82, 2.24) is 10.3 Å². The highest BCUT2D eigenvalue weighted by atomic mass is 16.5. The summed E-state index contributed by atoms with van der Waals surface area (Å²) in [4.78, 5) is 14.2. The van der Waals surface area contributed by atoms with E-state index in [9.17, 15) is 9.90 Å². The highest BCUT2D eigenvalue weighted by Gasteiger charge is 2.23. The molecule has 5 heteroatoms. The molecule has 0 fully saturated rings. The first-order valence-electron chi connectivity index (χ1n) is 4.76. The van der Waals surface area contributed by atoms with Crippen LogP contribution in [0.1, 0.15) is 12.5 Å². The number of methoxy groups -OCH3 is 1. The average molecular weight is 212 g/mol. The van der Waals surface area contributed by atoms with Gasteiger partial charge in [0.25, 0.3) is 0 Å². The molecule has 0 saturated carbocycles. The third-order valence-corrected chi connectivity index (χ3v) is 2.13. The molecule has 1 aromatic rings. The fourth-order valence-corrected chi connectivity index (χ4v) is 1.27. The molecule has 1 heterocycles. The maximum Gasteiger partial charge on any atom is 0.325 e. The summed E-state index contributed by atoms with van der Waals surface area (Å²) in [7, 11) is 1.30. The molecule has 84 valence electrons. The molecule has 0 aromatic carbocycles. The minimum atomic E-state index is -0.781. The standard InChI is InChI=1S/C10H16N2O3/c1-7(13)9(10(14)15-2)12-6-8-3-4-11-5-8/h3-5,7,9,11-13H,6H2,1-2H3/t7-,9+/m1/s1. The van der Waals surface area contributed by atoms with Crippen LogP contribution in [0, 0.1) is 0 Å². The Kier molecular flexibility index (Phi) is 4.33. The van der Waals surface area contributed by atoms with Gasteiger partial charge in [0.1, 0.15) is 6.04 Å². The Morgan fingerprint density at radius 2 is 2.47 bits per heavy atom. The molecule has 0 radical (unpaired) electrons. The smallest absolute Gasteiger partial charge is 0.325 e. The Morgan fingerprint density at radius 3 is 2.93 bits per heavy atom. The number of nitrogens with one attached hydrogen (secondary N) is 2. The van der Waals surface area contributed by atoms with Gasteiger partial charge in [-0.1, -0.05) is 0 Å². The van der Waals surface area contributed by atoms with E-state index in [1.165, 1.54) is 7.11 Å². The molecule has 0 unspecified atom stereocenters. The van der Waals surface area contributed by atoms with E-state index in [4.69, 9.17) is 0 Å². The van der Waals surface area contributed by atoms with Crippen molar-refractivity contribution < 1.29 is 14.6 Å². The molecule has 0 bridgehead atoms. The lowest BCUT2D eigenvalue weighted by Crippen LogP contribution is -2.45. The molecule has 0 amide bonds. The molecule has 0 aliphatic carbocycles. The van der Waals surface area contributed by atoms with Gasteiger partial charge in [-0.3, -0.25) is 10.1 Å². The van der Waals surface area contributed by atoms with Crippen molar-refractivity contribution >= 4 is 5.97 Å². The van der Waals surface area contributed by atoms with Crippen LogP contribution in [0.2, 0.25) is 0 Å². The Balaban J connectivity index is 2.49. The van der Waals surface area contributed by atoms with Gasteiger partial charge in [-0.05, 0) is 18.6 Å². The van der Waals surface area contributed by atoms with E-state index < -0.39 is 18.1 Å². The number of rotatable bonds is 5. The summed E-state index contributed by atoms with van der Waals surface area (Å²) in [6.07, 6.45) is 2.84. The summed E-state index contributed by atoms with van der Waals surface area (Å²) in [6, 6.07) is 1.20. The van der Waals surface area contributed by atoms with Gasteiger partial charge < -0.3 is 14.8 Å². The fraction of sp³-hybridized carbons (Fsp3) is 0.500. The lowest BCUT2D eigenvalue weighted by molar-refractivity contribution is -0.145. The van der Waals surface area contributed by atoms with Gasteiger partial charge in [0, 0.05) is 18.9 Å². The zero-order valence-electron chi connectivity index (χ0n) is 8.86. The number of aromatic amines is 1. The molecule has 0 aliphatic heterocycles. The highest BCUT2D eigenvalue weighted by molar-refractivity contribution is 5.76. The monoisotopic (exact) mass is 212 g/mol. The average Bonchev–Trinajstić information content (AvgIpc) is 2.70. The molecule has 1 aromatic heterocycles. The van der Waals surface area contributed by atoms with Gasteiger partial charge in [-0.15, -0.1) is 0 Å². The lowest BCUT2D eigenvalue weighted by atomic mass is 10.2. The fourth-order valence-electron chi connectivity index (χ4n) is 1.27. The Bertz CT molecular complexity index is 296. The molecule has 0 aliphatic rings. The summed E-state index contributed by atoms with van der Waals surface area (Å²) >= 11 is 0. The zero-order chi connectivity index (χ0) is 11.3. The molecule has 0 saturated heterocycles. The molecule has 15 heavy (non-hydrogen) atoms. The van der Waals surface area contributed by atoms with E-state index >= 15 is 0 Å². The van der Waals surface area contributed by atoms with Gasteiger partial charge in [-0.25, -0.2) is 0 Å². The maximum absolute atomic E-state index is 11.3. The topological polar surface area (TPSA) is 74.3 Å². The van der Waals surface area contributed by atoms with Crippen molar-refractivity contribution in [3.8, 4) is 0 Å². The Labute approximate surface area is 88.4 Å². The Morgan fingerprint density at radius 1 is 1.73 bits per heavy atom. The number of hydrogen-bond acceptors (Lipinski definition) is 4. The SMILES string of the molecule is COC(=O)[C@@H](NCc1cc[nH]c1)[C@@H](C)O. The van der Waals surface area contributed by atoms with Crippen LogP contribution in [0.4, 0.5) is 0 Å². The largest absolute Gasteiger partial charge is 0.468 e.